The number of carbonyl (C=O) groups excluding carboxylic acids is 1. The zero-order valence-corrected chi connectivity index (χ0v) is 15.1. The maximum atomic E-state index is 13.3. The summed E-state index contributed by atoms with van der Waals surface area (Å²) in [4.78, 5) is 14.6. The Balaban J connectivity index is 1.73. The maximum Gasteiger partial charge on any atom is 0.314 e. The van der Waals surface area contributed by atoms with Crippen molar-refractivity contribution < 1.29 is 22.4 Å². The van der Waals surface area contributed by atoms with Gasteiger partial charge < -0.3 is 9.32 Å². The Morgan fingerprint density at radius 1 is 1.14 bits per heavy atom. The van der Waals surface area contributed by atoms with Crippen LogP contribution in [0.15, 0.2) is 46.9 Å². The number of hydrogen-bond acceptors (Lipinski definition) is 4. The van der Waals surface area contributed by atoms with E-state index in [1.165, 1.54) is 12.1 Å². The number of rotatable bonds is 3. The highest BCUT2D eigenvalue weighted by Gasteiger charge is 2.40. The minimum atomic E-state index is -2.86. The van der Waals surface area contributed by atoms with Crippen molar-refractivity contribution in [3.63, 3.8) is 0 Å². The number of fused-ring (bicyclic) bond motifs is 1. The number of alkyl halides is 2. The minimum absolute atomic E-state index is 0.0691. The lowest BCUT2D eigenvalue weighted by Crippen LogP contribution is -2.50. The van der Waals surface area contributed by atoms with E-state index in [4.69, 9.17) is 4.42 Å². The second-order valence-electron chi connectivity index (χ2n) is 6.94. The molecule has 1 atom stereocenters. The highest BCUT2D eigenvalue weighted by atomic mass is 19.3. The second-order valence-corrected chi connectivity index (χ2v) is 6.94. The molecule has 3 aromatic rings. The van der Waals surface area contributed by atoms with Crippen LogP contribution in [0.3, 0.4) is 0 Å². The predicted molar refractivity (Wildman–Crippen MR) is 94.2 cm³/mol. The zero-order valence-electron chi connectivity index (χ0n) is 15.1. The van der Waals surface area contributed by atoms with Crippen LogP contribution >= 0.6 is 0 Å². The minimum Gasteiger partial charge on any atom is -0.415 e. The van der Waals surface area contributed by atoms with Crippen LogP contribution in [0.25, 0.3) is 11.5 Å². The first-order valence-corrected chi connectivity index (χ1v) is 8.58. The van der Waals surface area contributed by atoms with Crippen molar-refractivity contribution in [2.24, 2.45) is 0 Å². The Bertz CT molecular complexity index is 1050. The molecule has 0 aliphatic carbocycles. The molecule has 1 aliphatic rings. The fraction of sp³-hybridized carbons (Fsp3) is 0.250. The molecule has 8 heteroatoms. The van der Waals surface area contributed by atoms with E-state index < -0.39 is 17.9 Å². The highest BCUT2D eigenvalue weighted by molar-refractivity contribution is 5.98. The molecular weight excluding hydrogens is 371 g/mol. The lowest BCUT2D eigenvalue weighted by molar-refractivity contribution is 0.0547. The molecule has 0 bridgehead atoms. The average Bonchev–Trinajstić information content (AvgIpc) is 3.17. The zero-order chi connectivity index (χ0) is 20.1. The SMILES string of the molecule is CN1C(=O)c2cc(-c3nnc(C(F)F)o3)ccc2CC1(C)c1ccc(F)cc1. The number of carbonyl (C=O) groups is 1. The number of amides is 1. The molecule has 4 rings (SSSR count). The molecule has 0 spiro atoms. The number of likely N-dealkylation sites (N-methyl/N-ethyl adjacent to an activating group) is 1. The molecule has 1 amide bonds. The van der Waals surface area contributed by atoms with E-state index in [9.17, 15) is 18.0 Å². The van der Waals surface area contributed by atoms with E-state index in [0.717, 1.165) is 11.1 Å². The Kier molecular flexibility index (Phi) is 4.21. The smallest absolute Gasteiger partial charge is 0.314 e. The molecule has 28 heavy (non-hydrogen) atoms. The van der Waals surface area contributed by atoms with Gasteiger partial charge in [-0.15, -0.1) is 10.2 Å². The summed E-state index contributed by atoms with van der Waals surface area (Å²) in [5.41, 5.74) is 1.80. The van der Waals surface area contributed by atoms with Crippen LogP contribution < -0.4 is 0 Å². The molecule has 0 N–H and O–H groups in total. The molecule has 0 saturated carbocycles. The van der Waals surface area contributed by atoms with Crippen molar-refractivity contribution in [1.82, 2.24) is 15.1 Å². The van der Waals surface area contributed by atoms with Crippen LogP contribution in [0.2, 0.25) is 0 Å². The Morgan fingerprint density at radius 3 is 2.50 bits per heavy atom. The Hall–Kier alpha value is -3.16. The molecule has 0 saturated heterocycles. The van der Waals surface area contributed by atoms with E-state index in [0.29, 0.717) is 17.5 Å². The lowest BCUT2D eigenvalue weighted by Gasteiger charge is -2.43. The number of halogens is 3. The Labute approximate surface area is 158 Å². The third kappa shape index (κ3) is 2.85. The molecule has 5 nitrogen and oxygen atoms in total. The van der Waals surface area contributed by atoms with E-state index in [-0.39, 0.29) is 17.6 Å². The highest BCUT2D eigenvalue weighted by Crippen LogP contribution is 2.38. The molecule has 1 unspecified atom stereocenters. The third-order valence-corrected chi connectivity index (χ3v) is 5.26. The van der Waals surface area contributed by atoms with Gasteiger partial charge in [-0.1, -0.05) is 18.2 Å². The van der Waals surface area contributed by atoms with Crippen LogP contribution in [0.4, 0.5) is 13.2 Å². The van der Waals surface area contributed by atoms with Crippen LogP contribution in [0, 0.1) is 5.82 Å². The summed E-state index contributed by atoms with van der Waals surface area (Å²) in [7, 11) is 1.68. The summed E-state index contributed by atoms with van der Waals surface area (Å²) < 4.78 is 43.6. The fourth-order valence-corrected chi connectivity index (χ4v) is 3.50. The summed E-state index contributed by atoms with van der Waals surface area (Å²) in [6, 6.07) is 11.1. The quantitative estimate of drug-likeness (QED) is 0.670. The molecule has 0 fully saturated rings. The van der Waals surface area contributed by atoms with E-state index >= 15 is 0 Å². The molecule has 1 aromatic heterocycles. The largest absolute Gasteiger partial charge is 0.415 e. The number of nitrogens with zero attached hydrogens (tertiary/aromatic N) is 3. The Morgan fingerprint density at radius 2 is 1.86 bits per heavy atom. The van der Waals surface area contributed by atoms with Gasteiger partial charge in [0.1, 0.15) is 5.82 Å². The van der Waals surface area contributed by atoms with Crippen LogP contribution in [-0.4, -0.2) is 28.1 Å². The number of benzene rings is 2. The lowest BCUT2D eigenvalue weighted by atomic mass is 9.79. The molecule has 144 valence electrons. The van der Waals surface area contributed by atoms with Crippen molar-refractivity contribution >= 4 is 5.91 Å². The maximum absolute atomic E-state index is 13.3. The van der Waals surface area contributed by atoms with Gasteiger partial charge in [0.15, 0.2) is 0 Å². The van der Waals surface area contributed by atoms with Crippen molar-refractivity contribution in [3.05, 3.63) is 70.9 Å². The topological polar surface area (TPSA) is 59.2 Å². The molecule has 1 aliphatic heterocycles. The van der Waals surface area contributed by atoms with Gasteiger partial charge in [0.2, 0.25) is 5.89 Å². The van der Waals surface area contributed by atoms with Gasteiger partial charge >= 0.3 is 6.43 Å². The van der Waals surface area contributed by atoms with E-state index in [1.807, 2.05) is 6.92 Å². The summed E-state index contributed by atoms with van der Waals surface area (Å²) in [6.07, 6.45) is -2.34. The standard InChI is InChI=1S/C20H16F3N3O2/c1-20(13-5-7-14(21)8-6-13)10-12-4-3-11(9-15(12)19(27)26(20)2)17-24-25-18(28-17)16(22)23/h3-9,16H,10H2,1-2H3. The van der Waals surface area contributed by atoms with Gasteiger partial charge in [-0.2, -0.15) is 8.78 Å². The first-order valence-electron chi connectivity index (χ1n) is 8.58. The molecular formula is C20H16F3N3O2. The van der Waals surface area contributed by atoms with Gasteiger partial charge in [-0.25, -0.2) is 4.39 Å². The predicted octanol–water partition coefficient (Wildman–Crippen LogP) is 4.36. The third-order valence-electron chi connectivity index (χ3n) is 5.26. The van der Waals surface area contributed by atoms with Gasteiger partial charge in [-0.3, -0.25) is 4.79 Å². The van der Waals surface area contributed by atoms with E-state index in [2.05, 4.69) is 10.2 Å². The van der Waals surface area contributed by atoms with Gasteiger partial charge in [0.05, 0.1) is 5.54 Å². The van der Waals surface area contributed by atoms with Gasteiger partial charge in [-0.05, 0) is 42.3 Å². The first-order chi connectivity index (χ1) is 13.3. The van der Waals surface area contributed by atoms with Gasteiger partial charge in [0.25, 0.3) is 11.8 Å². The first kappa shape index (κ1) is 18.2. The van der Waals surface area contributed by atoms with E-state index in [1.54, 1.807) is 42.3 Å². The molecule has 2 aromatic carbocycles. The van der Waals surface area contributed by atoms with Crippen molar-refractivity contribution in [1.29, 1.82) is 0 Å². The van der Waals surface area contributed by atoms with Crippen molar-refractivity contribution in [3.8, 4) is 11.5 Å². The van der Waals surface area contributed by atoms with Crippen LogP contribution in [-0.2, 0) is 12.0 Å². The number of aromatic nitrogens is 2. The van der Waals surface area contributed by atoms with Crippen LogP contribution in [0.1, 0.15) is 40.7 Å². The molecule has 0 radical (unpaired) electrons. The average molecular weight is 387 g/mol. The molecule has 2 heterocycles. The van der Waals surface area contributed by atoms with Crippen LogP contribution in [0.5, 0.6) is 0 Å². The summed E-state index contributed by atoms with van der Waals surface area (Å²) in [5.74, 6) is -1.41. The van der Waals surface area contributed by atoms with Gasteiger partial charge in [0, 0.05) is 24.6 Å². The summed E-state index contributed by atoms with van der Waals surface area (Å²) in [5, 5.41) is 6.94. The summed E-state index contributed by atoms with van der Waals surface area (Å²) in [6.45, 7) is 1.92. The van der Waals surface area contributed by atoms with Crippen molar-refractivity contribution in [2.75, 3.05) is 7.05 Å². The second kappa shape index (κ2) is 6.47. The number of hydrogen-bond donors (Lipinski definition) is 0. The van der Waals surface area contributed by atoms with Crippen molar-refractivity contribution in [2.45, 2.75) is 25.3 Å². The normalized spacial score (nSPS) is 19.2. The monoisotopic (exact) mass is 387 g/mol. The summed E-state index contributed by atoms with van der Waals surface area (Å²) >= 11 is 0. The fourth-order valence-electron chi connectivity index (χ4n) is 3.50.